The Bertz CT molecular complexity index is 1300. The first-order chi connectivity index (χ1) is 16.6. The Balaban J connectivity index is 1.44. The summed E-state index contributed by atoms with van der Waals surface area (Å²) in [4.78, 5) is 31.7. The van der Waals surface area contributed by atoms with Crippen molar-refractivity contribution in [2.24, 2.45) is 0 Å². The Morgan fingerprint density at radius 1 is 1.40 bits per heavy atom. The Kier molecular flexibility index (Phi) is 5.88. The van der Waals surface area contributed by atoms with E-state index in [1.165, 1.54) is 29.5 Å². The van der Waals surface area contributed by atoms with Gasteiger partial charge < -0.3 is 20.1 Å². The number of amides is 2. The number of carbonyl (C=O) groups excluding carboxylic acids is 2. The number of benzene rings is 1. The molecule has 3 heterocycles. The van der Waals surface area contributed by atoms with Gasteiger partial charge in [-0.05, 0) is 37.6 Å². The van der Waals surface area contributed by atoms with Crippen LogP contribution in [-0.2, 0) is 6.54 Å². The molecule has 1 aliphatic carbocycles. The number of nitrogens with zero attached hydrogens (tertiary/aromatic N) is 4. The second kappa shape index (κ2) is 8.76. The number of carbonyl (C=O) groups is 2. The first-order valence-corrected chi connectivity index (χ1v) is 11.8. The molecule has 2 aromatic heterocycles. The number of halogens is 2. The highest BCUT2D eigenvalue weighted by atomic mass is 35.5. The van der Waals surface area contributed by atoms with E-state index in [0.717, 1.165) is 0 Å². The number of rotatable bonds is 7. The van der Waals surface area contributed by atoms with Crippen LogP contribution in [0, 0.1) is 0 Å². The lowest BCUT2D eigenvalue weighted by Gasteiger charge is -2.32. The van der Waals surface area contributed by atoms with Crippen LogP contribution in [0.4, 0.5) is 10.1 Å². The SMILES string of the molecule is CC(C)(O)[C@H](F)CN1Cc2cc(NC(=O)c3cnn4cccnc34)c(O[C@H]3C[C@@H](Cl)C3)cc2C1=O. The molecule has 2 N–H and O–H groups in total. The summed E-state index contributed by atoms with van der Waals surface area (Å²) in [6, 6.07) is 4.97. The number of aliphatic hydroxyl groups is 1. The van der Waals surface area contributed by atoms with E-state index in [9.17, 15) is 19.1 Å². The highest BCUT2D eigenvalue weighted by Gasteiger charge is 2.36. The number of anilines is 1. The molecule has 9 nitrogen and oxygen atoms in total. The van der Waals surface area contributed by atoms with Crippen LogP contribution >= 0.6 is 11.6 Å². The van der Waals surface area contributed by atoms with Crippen molar-refractivity contribution < 1.29 is 23.8 Å². The van der Waals surface area contributed by atoms with Gasteiger partial charge in [-0.15, -0.1) is 11.6 Å². The molecule has 1 aromatic carbocycles. The lowest BCUT2D eigenvalue weighted by atomic mass is 9.95. The summed E-state index contributed by atoms with van der Waals surface area (Å²) in [5, 5.41) is 17.0. The van der Waals surface area contributed by atoms with Crippen LogP contribution in [0.2, 0.25) is 0 Å². The van der Waals surface area contributed by atoms with Crippen LogP contribution in [0.1, 0.15) is 53.0 Å². The van der Waals surface area contributed by atoms with Crippen LogP contribution in [0.3, 0.4) is 0 Å². The summed E-state index contributed by atoms with van der Waals surface area (Å²) < 4.78 is 22.1. The molecule has 0 saturated heterocycles. The van der Waals surface area contributed by atoms with Gasteiger partial charge in [0, 0.05) is 42.7 Å². The number of fused-ring (bicyclic) bond motifs is 2. The molecule has 5 rings (SSSR count). The zero-order valence-electron chi connectivity index (χ0n) is 19.2. The van der Waals surface area contributed by atoms with Crippen molar-refractivity contribution in [1.29, 1.82) is 0 Å². The Morgan fingerprint density at radius 3 is 2.89 bits per heavy atom. The monoisotopic (exact) mass is 501 g/mol. The Hall–Kier alpha value is -3.24. The van der Waals surface area contributed by atoms with Crippen molar-refractivity contribution in [3.63, 3.8) is 0 Å². The van der Waals surface area contributed by atoms with Gasteiger partial charge in [0.25, 0.3) is 11.8 Å². The highest BCUT2D eigenvalue weighted by Crippen LogP contribution is 2.38. The van der Waals surface area contributed by atoms with E-state index in [1.54, 1.807) is 30.6 Å². The molecule has 1 fully saturated rings. The van der Waals surface area contributed by atoms with Gasteiger partial charge in [0.15, 0.2) is 5.65 Å². The molecule has 2 amide bonds. The van der Waals surface area contributed by atoms with Gasteiger partial charge in [0.05, 0.1) is 24.0 Å². The third-order valence-electron chi connectivity index (χ3n) is 6.33. The molecular weight excluding hydrogens is 477 g/mol. The topological polar surface area (TPSA) is 109 Å². The van der Waals surface area contributed by atoms with Gasteiger partial charge in [-0.2, -0.15) is 5.10 Å². The van der Waals surface area contributed by atoms with Crippen molar-refractivity contribution in [2.75, 3.05) is 11.9 Å². The summed E-state index contributed by atoms with van der Waals surface area (Å²) in [5.74, 6) is -0.450. The summed E-state index contributed by atoms with van der Waals surface area (Å²) in [7, 11) is 0. The smallest absolute Gasteiger partial charge is 0.261 e. The fraction of sp³-hybridized carbons (Fsp3) is 0.417. The van der Waals surface area contributed by atoms with E-state index in [2.05, 4.69) is 15.4 Å². The van der Waals surface area contributed by atoms with E-state index in [-0.39, 0.29) is 36.0 Å². The number of nitrogens with one attached hydrogen (secondary N) is 1. The summed E-state index contributed by atoms with van der Waals surface area (Å²) in [5.41, 5.74) is 0.496. The predicted molar refractivity (Wildman–Crippen MR) is 127 cm³/mol. The molecule has 1 saturated carbocycles. The van der Waals surface area contributed by atoms with Gasteiger partial charge in [-0.3, -0.25) is 9.59 Å². The molecule has 0 bridgehead atoms. The molecule has 0 unspecified atom stereocenters. The normalized spacial score (nSPS) is 20.5. The maximum atomic E-state index is 14.5. The van der Waals surface area contributed by atoms with Crippen LogP contribution in [0.15, 0.2) is 36.8 Å². The van der Waals surface area contributed by atoms with E-state index < -0.39 is 17.7 Å². The molecular formula is C24H25ClFN5O4. The van der Waals surface area contributed by atoms with Crippen LogP contribution < -0.4 is 10.1 Å². The second-order valence-electron chi connectivity index (χ2n) is 9.52. The number of alkyl halides is 2. The molecule has 0 spiro atoms. The summed E-state index contributed by atoms with van der Waals surface area (Å²) >= 11 is 6.10. The average Bonchev–Trinajstić information content (AvgIpc) is 3.34. The fourth-order valence-corrected chi connectivity index (χ4v) is 4.51. The summed E-state index contributed by atoms with van der Waals surface area (Å²) in [6.07, 6.45) is 4.24. The Labute approximate surface area is 205 Å². The Morgan fingerprint density at radius 2 is 2.17 bits per heavy atom. The molecule has 0 radical (unpaired) electrons. The predicted octanol–water partition coefficient (Wildman–Crippen LogP) is 3.20. The van der Waals surface area contributed by atoms with Crippen molar-refractivity contribution in [2.45, 2.75) is 56.5 Å². The third-order valence-corrected chi connectivity index (χ3v) is 6.69. The van der Waals surface area contributed by atoms with Crippen molar-refractivity contribution in [3.8, 4) is 5.75 Å². The van der Waals surface area contributed by atoms with Gasteiger partial charge in [0.1, 0.15) is 23.6 Å². The lowest BCUT2D eigenvalue weighted by molar-refractivity contribution is -0.0159. The minimum Gasteiger partial charge on any atom is -0.488 e. The second-order valence-corrected chi connectivity index (χ2v) is 10.1. The molecule has 35 heavy (non-hydrogen) atoms. The quantitative estimate of drug-likeness (QED) is 0.481. The molecule has 3 aromatic rings. The zero-order valence-corrected chi connectivity index (χ0v) is 20.0. The molecule has 1 atom stereocenters. The minimum absolute atomic E-state index is 0.0257. The first-order valence-electron chi connectivity index (χ1n) is 11.3. The molecule has 184 valence electrons. The standard InChI is InChI=1S/C24H25ClFN5O4/c1-24(2,34)20(26)12-30-11-13-6-18(19(9-16(13)23(30)33)35-15-7-14(25)8-15)29-22(32)17-10-28-31-5-3-4-27-21(17)31/h3-6,9-10,14-15,20,34H,7-8,11-12H2,1-2H3,(H,29,32)/t14-,15+,20-/m1/s1. The van der Waals surface area contributed by atoms with Crippen molar-refractivity contribution in [1.82, 2.24) is 19.5 Å². The van der Waals surface area contributed by atoms with Gasteiger partial charge >= 0.3 is 0 Å². The maximum absolute atomic E-state index is 14.5. The lowest BCUT2D eigenvalue weighted by Crippen LogP contribution is -2.42. The van der Waals surface area contributed by atoms with Crippen LogP contribution in [0.25, 0.3) is 5.65 Å². The van der Waals surface area contributed by atoms with E-state index in [4.69, 9.17) is 16.3 Å². The first kappa shape index (κ1) is 23.5. The van der Waals surface area contributed by atoms with Crippen molar-refractivity contribution in [3.05, 3.63) is 53.5 Å². The van der Waals surface area contributed by atoms with E-state index in [0.29, 0.717) is 41.1 Å². The third kappa shape index (κ3) is 4.55. The number of ether oxygens (including phenoxy) is 1. The summed E-state index contributed by atoms with van der Waals surface area (Å²) in [6.45, 7) is 2.63. The average molecular weight is 502 g/mol. The van der Waals surface area contributed by atoms with E-state index >= 15 is 0 Å². The van der Waals surface area contributed by atoms with Crippen LogP contribution in [-0.4, -0.2) is 66.2 Å². The molecule has 2 aliphatic rings. The van der Waals surface area contributed by atoms with E-state index in [1.807, 2.05) is 0 Å². The highest BCUT2D eigenvalue weighted by molar-refractivity contribution is 6.21. The van der Waals surface area contributed by atoms with Crippen LogP contribution in [0.5, 0.6) is 5.75 Å². The molecule has 1 aliphatic heterocycles. The fourth-order valence-electron chi connectivity index (χ4n) is 4.12. The largest absolute Gasteiger partial charge is 0.488 e. The van der Waals surface area contributed by atoms with Gasteiger partial charge in [-0.1, -0.05) is 0 Å². The minimum atomic E-state index is -1.62. The molecule has 11 heteroatoms. The maximum Gasteiger partial charge on any atom is 0.261 e. The number of aromatic nitrogens is 3. The number of hydrogen-bond acceptors (Lipinski definition) is 6. The van der Waals surface area contributed by atoms with Gasteiger partial charge in [-0.25, -0.2) is 13.9 Å². The zero-order chi connectivity index (χ0) is 24.9. The van der Waals surface area contributed by atoms with Gasteiger partial charge in [0.2, 0.25) is 0 Å². The number of hydrogen-bond donors (Lipinski definition) is 2. The van der Waals surface area contributed by atoms with Crippen molar-refractivity contribution >= 4 is 34.7 Å².